The Bertz CT molecular complexity index is 550. The molecule has 6 heteroatoms. The van der Waals surface area contributed by atoms with Gasteiger partial charge in [0.15, 0.2) is 0 Å². The number of sulfonamides is 1. The lowest BCUT2D eigenvalue weighted by Gasteiger charge is -2.13. The van der Waals surface area contributed by atoms with E-state index < -0.39 is 10.0 Å². The first-order valence-corrected chi connectivity index (χ1v) is 7.42. The van der Waals surface area contributed by atoms with Crippen molar-refractivity contribution in [3.63, 3.8) is 0 Å². The molecule has 0 saturated heterocycles. The molecule has 18 heavy (non-hydrogen) atoms. The summed E-state index contributed by atoms with van der Waals surface area (Å²) in [5.41, 5.74) is 7.29. The number of nitrogens with one attached hydrogen (secondary N) is 2. The fourth-order valence-electron chi connectivity index (χ4n) is 1.72. The van der Waals surface area contributed by atoms with Crippen molar-refractivity contribution in [1.82, 2.24) is 4.72 Å². The fourth-order valence-corrected chi connectivity index (χ4v) is 2.56. The number of rotatable bonds is 5. The van der Waals surface area contributed by atoms with Crippen LogP contribution in [0.15, 0.2) is 23.1 Å². The molecule has 2 rings (SSSR count). The molecule has 1 aliphatic rings. The second-order valence-corrected chi connectivity index (χ2v) is 6.98. The van der Waals surface area contributed by atoms with Gasteiger partial charge in [-0.05, 0) is 43.5 Å². The molecule has 0 spiro atoms. The number of hydrogen-bond acceptors (Lipinski definition) is 4. The van der Waals surface area contributed by atoms with E-state index in [1.165, 1.54) is 26.0 Å². The standard InChI is InChI=1S/C12H19N3O2S/c1-12(5-6-12)8-15-9-3-4-11(10(13)7-9)18(16,17)14-2/h3-4,7,14-15H,5-6,8,13H2,1-2H3. The Labute approximate surface area is 108 Å². The number of hydrogen-bond donors (Lipinski definition) is 3. The van der Waals surface area contributed by atoms with Gasteiger partial charge in [0, 0.05) is 12.2 Å². The summed E-state index contributed by atoms with van der Waals surface area (Å²) in [6.07, 6.45) is 2.48. The predicted octanol–water partition coefficient (Wildman–Crippen LogP) is 1.39. The predicted molar refractivity (Wildman–Crippen MR) is 72.9 cm³/mol. The first kappa shape index (κ1) is 13.2. The molecule has 0 radical (unpaired) electrons. The second kappa shape index (κ2) is 4.44. The summed E-state index contributed by atoms with van der Waals surface area (Å²) >= 11 is 0. The first-order valence-electron chi connectivity index (χ1n) is 5.93. The van der Waals surface area contributed by atoms with E-state index in [0.29, 0.717) is 5.41 Å². The van der Waals surface area contributed by atoms with Gasteiger partial charge in [-0.3, -0.25) is 0 Å². The summed E-state index contributed by atoms with van der Waals surface area (Å²) in [5.74, 6) is 0. The van der Waals surface area contributed by atoms with E-state index in [0.717, 1.165) is 12.2 Å². The van der Waals surface area contributed by atoms with Crippen LogP contribution in [0.25, 0.3) is 0 Å². The van der Waals surface area contributed by atoms with Crippen LogP contribution in [0.3, 0.4) is 0 Å². The second-order valence-electron chi connectivity index (χ2n) is 5.12. The molecule has 1 aromatic carbocycles. The van der Waals surface area contributed by atoms with Crippen molar-refractivity contribution in [2.75, 3.05) is 24.6 Å². The van der Waals surface area contributed by atoms with E-state index in [-0.39, 0.29) is 10.6 Å². The highest BCUT2D eigenvalue weighted by atomic mass is 32.2. The van der Waals surface area contributed by atoms with Gasteiger partial charge < -0.3 is 11.1 Å². The molecule has 100 valence electrons. The summed E-state index contributed by atoms with van der Waals surface area (Å²) in [6.45, 7) is 3.12. The van der Waals surface area contributed by atoms with Crippen LogP contribution in [0, 0.1) is 5.41 Å². The van der Waals surface area contributed by atoms with E-state index in [1.54, 1.807) is 12.1 Å². The SMILES string of the molecule is CNS(=O)(=O)c1ccc(NCC2(C)CC2)cc1N. The molecule has 0 heterocycles. The summed E-state index contributed by atoms with van der Waals surface area (Å²) < 4.78 is 25.6. The third kappa shape index (κ3) is 2.76. The van der Waals surface area contributed by atoms with Gasteiger partial charge >= 0.3 is 0 Å². The third-order valence-corrected chi connectivity index (χ3v) is 4.88. The van der Waals surface area contributed by atoms with E-state index >= 15 is 0 Å². The van der Waals surface area contributed by atoms with Crippen LogP contribution in [0.2, 0.25) is 0 Å². The van der Waals surface area contributed by atoms with Gasteiger partial charge in [0.2, 0.25) is 10.0 Å². The molecule has 0 atom stereocenters. The number of anilines is 2. The molecule has 0 aromatic heterocycles. The van der Waals surface area contributed by atoms with Crippen LogP contribution in [-0.2, 0) is 10.0 Å². The van der Waals surface area contributed by atoms with Crippen LogP contribution in [0.1, 0.15) is 19.8 Å². The molecule has 1 saturated carbocycles. The topological polar surface area (TPSA) is 84.2 Å². The van der Waals surface area contributed by atoms with Crippen molar-refractivity contribution < 1.29 is 8.42 Å². The average molecular weight is 269 g/mol. The van der Waals surface area contributed by atoms with Crippen molar-refractivity contribution >= 4 is 21.4 Å². The fraction of sp³-hybridized carbons (Fsp3) is 0.500. The molecule has 1 fully saturated rings. The smallest absolute Gasteiger partial charge is 0.242 e. The Morgan fingerprint density at radius 3 is 2.56 bits per heavy atom. The quantitative estimate of drug-likeness (QED) is 0.705. The lowest BCUT2D eigenvalue weighted by Crippen LogP contribution is -2.20. The third-order valence-electron chi connectivity index (χ3n) is 3.39. The van der Waals surface area contributed by atoms with E-state index in [9.17, 15) is 8.42 Å². The van der Waals surface area contributed by atoms with Crippen LogP contribution < -0.4 is 15.8 Å². The highest BCUT2D eigenvalue weighted by molar-refractivity contribution is 7.89. The normalized spacial score (nSPS) is 17.4. The number of nitrogens with two attached hydrogens (primary N) is 1. The highest BCUT2D eigenvalue weighted by Gasteiger charge is 2.36. The first-order chi connectivity index (χ1) is 8.36. The summed E-state index contributed by atoms with van der Waals surface area (Å²) in [6, 6.07) is 4.93. The lowest BCUT2D eigenvalue weighted by molar-refractivity contribution is 0.588. The van der Waals surface area contributed by atoms with Gasteiger partial charge in [0.1, 0.15) is 4.90 Å². The largest absolute Gasteiger partial charge is 0.398 e. The minimum absolute atomic E-state index is 0.119. The molecule has 0 bridgehead atoms. The van der Waals surface area contributed by atoms with Crippen LogP contribution in [0.4, 0.5) is 11.4 Å². The molecule has 1 aromatic rings. The minimum atomic E-state index is -3.48. The van der Waals surface area contributed by atoms with Crippen LogP contribution >= 0.6 is 0 Å². The Balaban J connectivity index is 2.14. The monoisotopic (exact) mass is 269 g/mol. The van der Waals surface area contributed by atoms with E-state index in [1.807, 2.05) is 0 Å². The van der Waals surface area contributed by atoms with Crippen LogP contribution in [-0.4, -0.2) is 22.0 Å². The Hall–Kier alpha value is -1.27. The van der Waals surface area contributed by atoms with Gasteiger partial charge in [-0.2, -0.15) is 0 Å². The molecule has 1 aliphatic carbocycles. The molecule has 0 unspecified atom stereocenters. The summed E-state index contributed by atoms with van der Waals surface area (Å²) in [5, 5.41) is 3.29. The molecular weight excluding hydrogens is 250 g/mol. The van der Waals surface area contributed by atoms with Crippen molar-refractivity contribution in [3.05, 3.63) is 18.2 Å². The van der Waals surface area contributed by atoms with Gasteiger partial charge in [0.05, 0.1) is 5.69 Å². The van der Waals surface area contributed by atoms with E-state index in [4.69, 9.17) is 5.73 Å². The van der Waals surface area contributed by atoms with Gasteiger partial charge in [-0.1, -0.05) is 6.92 Å². The van der Waals surface area contributed by atoms with E-state index in [2.05, 4.69) is 17.0 Å². The maximum absolute atomic E-state index is 11.6. The highest BCUT2D eigenvalue weighted by Crippen LogP contribution is 2.44. The molecular formula is C12H19N3O2S. The van der Waals surface area contributed by atoms with Gasteiger partial charge in [-0.25, -0.2) is 13.1 Å². The zero-order valence-corrected chi connectivity index (χ0v) is 11.5. The molecule has 4 N–H and O–H groups in total. The Morgan fingerprint density at radius 2 is 2.06 bits per heavy atom. The number of benzene rings is 1. The average Bonchev–Trinajstić information content (AvgIpc) is 3.05. The zero-order chi connectivity index (χ0) is 13.4. The summed E-state index contributed by atoms with van der Waals surface area (Å²) in [7, 11) is -2.11. The van der Waals surface area contributed by atoms with Crippen molar-refractivity contribution in [2.45, 2.75) is 24.7 Å². The Morgan fingerprint density at radius 1 is 1.39 bits per heavy atom. The molecule has 5 nitrogen and oxygen atoms in total. The lowest BCUT2D eigenvalue weighted by atomic mass is 10.1. The maximum Gasteiger partial charge on any atom is 0.242 e. The minimum Gasteiger partial charge on any atom is -0.398 e. The number of nitrogen functional groups attached to an aromatic ring is 1. The van der Waals surface area contributed by atoms with Crippen molar-refractivity contribution in [2.24, 2.45) is 5.41 Å². The zero-order valence-electron chi connectivity index (χ0n) is 10.7. The van der Waals surface area contributed by atoms with Gasteiger partial charge in [-0.15, -0.1) is 0 Å². The van der Waals surface area contributed by atoms with Gasteiger partial charge in [0.25, 0.3) is 0 Å². The molecule has 0 aliphatic heterocycles. The Kier molecular flexibility index (Phi) is 3.25. The maximum atomic E-state index is 11.6. The van der Waals surface area contributed by atoms with Crippen molar-refractivity contribution in [3.8, 4) is 0 Å². The van der Waals surface area contributed by atoms with Crippen molar-refractivity contribution in [1.29, 1.82) is 0 Å². The molecule has 0 amide bonds. The summed E-state index contributed by atoms with van der Waals surface area (Å²) in [4.78, 5) is 0.119. The van der Waals surface area contributed by atoms with Crippen LogP contribution in [0.5, 0.6) is 0 Å².